The zero-order valence-corrected chi connectivity index (χ0v) is 17.4. The van der Waals surface area contributed by atoms with Crippen molar-refractivity contribution >= 4 is 28.2 Å². The van der Waals surface area contributed by atoms with Crippen molar-refractivity contribution in [3.05, 3.63) is 71.6 Å². The monoisotopic (exact) mass is 372 g/mol. The van der Waals surface area contributed by atoms with Gasteiger partial charge in [-0.15, -0.1) is 0 Å². The molecule has 0 spiro atoms. The molecule has 3 aromatic rings. The van der Waals surface area contributed by atoms with Crippen molar-refractivity contribution in [2.75, 3.05) is 23.4 Å². The summed E-state index contributed by atoms with van der Waals surface area (Å²) in [5.74, 6) is 1.92. The highest BCUT2D eigenvalue weighted by Gasteiger charge is 2.14. The summed E-state index contributed by atoms with van der Waals surface area (Å²) in [6.07, 6.45) is 5.59. The Labute approximate surface area is 167 Å². The third kappa shape index (κ3) is 3.19. The first-order chi connectivity index (χ1) is 13.5. The van der Waals surface area contributed by atoms with Gasteiger partial charge in [-0.25, -0.2) is 4.98 Å². The Morgan fingerprint density at radius 3 is 2.68 bits per heavy atom. The molecule has 0 unspecified atom stereocenters. The van der Waals surface area contributed by atoms with E-state index in [0.717, 1.165) is 30.3 Å². The summed E-state index contributed by atoms with van der Waals surface area (Å²) in [6, 6.07) is 15.0. The SMILES string of the molecule is CCC1=CCN(c2cccc(N(C)c3ccc4c(c3)cc(C)n4C)n2)C=C1C. The van der Waals surface area contributed by atoms with Crippen LogP contribution in [0.25, 0.3) is 10.9 Å². The molecule has 2 aromatic heterocycles. The van der Waals surface area contributed by atoms with Crippen LogP contribution in [-0.2, 0) is 7.05 Å². The van der Waals surface area contributed by atoms with Crippen molar-refractivity contribution in [2.24, 2.45) is 7.05 Å². The minimum absolute atomic E-state index is 0.871. The van der Waals surface area contributed by atoms with E-state index in [9.17, 15) is 0 Å². The molecule has 0 amide bonds. The van der Waals surface area contributed by atoms with E-state index in [4.69, 9.17) is 4.98 Å². The summed E-state index contributed by atoms with van der Waals surface area (Å²) in [5, 5.41) is 1.26. The second-order valence-corrected chi connectivity index (χ2v) is 7.55. The molecule has 0 fully saturated rings. The van der Waals surface area contributed by atoms with E-state index >= 15 is 0 Å². The van der Waals surface area contributed by atoms with E-state index in [-0.39, 0.29) is 0 Å². The van der Waals surface area contributed by atoms with Crippen LogP contribution in [-0.4, -0.2) is 23.1 Å². The third-order valence-electron chi connectivity index (χ3n) is 5.78. The summed E-state index contributed by atoms with van der Waals surface area (Å²) < 4.78 is 2.22. The predicted molar refractivity (Wildman–Crippen MR) is 119 cm³/mol. The van der Waals surface area contributed by atoms with Gasteiger partial charge in [-0.3, -0.25) is 0 Å². The minimum Gasteiger partial charge on any atom is -0.348 e. The van der Waals surface area contributed by atoms with E-state index in [1.54, 1.807) is 0 Å². The fourth-order valence-electron chi connectivity index (χ4n) is 3.90. The van der Waals surface area contributed by atoms with Crippen molar-refractivity contribution in [3.8, 4) is 0 Å². The third-order valence-corrected chi connectivity index (χ3v) is 5.78. The highest BCUT2D eigenvalue weighted by atomic mass is 15.2. The van der Waals surface area contributed by atoms with E-state index in [1.165, 1.54) is 27.7 Å². The van der Waals surface area contributed by atoms with Gasteiger partial charge in [0.05, 0.1) is 0 Å². The number of aromatic nitrogens is 2. The quantitative estimate of drug-likeness (QED) is 0.586. The number of fused-ring (bicyclic) bond motifs is 1. The lowest BCUT2D eigenvalue weighted by molar-refractivity contribution is 0.918. The molecule has 0 aliphatic carbocycles. The lowest BCUT2D eigenvalue weighted by Crippen LogP contribution is -2.22. The molecule has 1 aliphatic heterocycles. The topological polar surface area (TPSA) is 24.3 Å². The lowest BCUT2D eigenvalue weighted by Gasteiger charge is -2.26. The first-order valence-electron chi connectivity index (χ1n) is 9.89. The molecule has 0 N–H and O–H groups in total. The van der Waals surface area contributed by atoms with Crippen molar-refractivity contribution in [1.82, 2.24) is 9.55 Å². The number of rotatable bonds is 4. The molecule has 144 valence electrons. The van der Waals surface area contributed by atoms with Gasteiger partial charge in [-0.2, -0.15) is 0 Å². The molecule has 0 saturated heterocycles. The van der Waals surface area contributed by atoms with Crippen LogP contribution in [0.1, 0.15) is 26.0 Å². The lowest BCUT2D eigenvalue weighted by atomic mass is 10.0. The molecular formula is C24H28N4. The summed E-state index contributed by atoms with van der Waals surface area (Å²) >= 11 is 0. The number of allylic oxidation sites excluding steroid dienone is 2. The van der Waals surface area contributed by atoms with Gasteiger partial charge in [0.2, 0.25) is 0 Å². The molecule has 1 aliphatic rings. The molecule has 28 heavy (non-hydrogen) atoms. The first kappa shape index (κ1) is 18.4. The summed E-state index contributed by atoms with van der Waals surface area (Å²) in [4.78, 5) is 9.30. The molecule has 0 atom stereocenters. The summed E-state index contributed by atoms with van der Waals surface area (Å²) in [5.41, 5.74) is 6.40. The van der Waals surface area contributed by atoms with Crippen LogP contribution in [0.15, 0.2) is 65.9 Å². The Balaban J connectivity index is 1.63. The van der Waals surface area contributed by atoms with Crippen LogP contribution >= 0.6 is 0 Å². The number of nitrogens with zero attached hydrogens (tertiary/aromatic N) is 4. The van der Waals surface area contributed by atoms with Gasteiger partial charge in [0.25, 0.3) is 0 Å². The Morgan fingerprint density at radius 2 is 1.93 bits per heavy atom. The van der Waals surface area contributed by atoms with Crippen LogP contribution in [0.2, 0.25) is 0 Å². The van der Waals surface area contributed by atoms with Gasteiger partial charge in [0.15, 0.2) is 0 Å². The maximum atomic E-state index is 4.93. The smallest absolute Gasteiger partial charge is 0.135 e. The second-order valence-electron chi connectivity index (χ2n) is 7.55. The molecule has 3 heterocycles. The maximum absolute atomic E-state index is 4.93. The van der Waals surface area contributed by atoms with Crippen LogP contribution in [0.3, 0.4) is 0 Å². The molecule has 4 heteroatoms. The minimum atomic E-state index is 0.871. The molecule has 1 aromatic carbocycles. The number of hydrogen-bond donors (Lipinski definition) is 0. The molecule has 0 radical (unpaired) electrons. The van der Waals surface area contributed by atoms with E-state index in [2.05, 4.69) is 104 Å². The van der Waals surface area contributed by atoms with Gasteiger partial charge in [-0.1, -0.05) is 19.1 Å². The Hall–Kier alpha value is -3.01. The van der Waals surface area contributed by atoms with E-state index < -0.39 is 0 Å². The predicted octanol–water partition coefficient (Wildman–Crippen LogP) is 5.71. The van der Waals surface area contributed by atoms with E-state index in [1.807, 2.05) is 0 Å². The van der Waals surface area contributed by atoms with Crippen LogP contribution in [0, 0.1) is 6.92 Å². The van der Waals surface area contributed by atoms with Crippen molar-refractivity contribution in [1.29, 1.82) is 0 Å². The highest BCUT2D eigenvalue weighted by molar-refractivity contribution is 5.85. The molecule has 4 nitrogen and oxygen atoms in total. The molecule has 0 bridgehead atoms. The number of hydrogen-bond acceptors (Lipinski definition) is 3. The summed E-state index contributed by atoms with van der Waals surface area (Å²) in [6.45, 7) is 7.39. The molecule has 4 rings (SSSR count). The number of aryl methyl sites for hydroxylation is 2. The van der Waals surface area contributed by atoms with Gasteiger partial charge >= 0.3 is 0 Å². The van der Waals surface area contributed by atoms with Crippen molar-refractivity contribution in [3.63, 3.8) is 0 Å². The van der Waals surface area contributed by atoms with Gasteiger partial charge in [0.1, 0.15) is 11.6 Å². The molecular weight excluding hydrogens is 344 g/mol. The van der Waals surface area contributed by atoms with Gasteiger partial charge in [0, 0.05) is 49.1 Å². The van der Waals surface area contributed by atoms with Gasteiger partial charge in [-0.05, 0) is 67.8 Å². The Bertz CT molecular complexity index is 1090. The Morgan fingerprint density at radius 1 is 1.11 bits per heavy atom. The number of pyridine rings is 1. The fourth-order valence-corrected chi connectivity index (χ4v) is 3.90. The molecule has 0 saturated carbocycles. The van der Waals surface area contributed by atoms with Crippen LogP contribution in [0.4, 0.5) is 17.3 Å². The van der Waals surface area contributed by atoms with Gasteiger partial charge < -0.3 is 14.4 Å². The zero-order chi connectivity index (χ0) is 19.8. The maximum Gasteiger partial charge on any atom is 0.135 e. The Kier molecular flexibility index (Phi) is 4.71. The zero-order valence-electron chi connectivity index (χ0n) is 17.4. The average Bonchev–Trinajstić information content (AvgIpc) is 3.00. The standard InChI is InChI=1S/C24H28N4/c1-6-19-12-13-28(16-17(19)2)24-9-7-8-23(25-24)27(5)21-10-11-22-20(15-21)14-18(3)26(22)4/h7-12,14-16H,6,13H2,1-5H3. The van der Waals surface area contributed by atoms with Crippen molar-refractivity contribution < 1.29 is 0 Å². The van der Waals surface area contributed by atoms with E-state index in [0.29, 0.717) is 0 Å². The largest absolute Gasteiger partial charge is 0.348 e. The highest BCUT2D eigenvalue weighted by Crippen LogP contribution is 2.29. The number of anilines is 3. The van der Waals surface area contributed by atoms with Crippen LogP contribution in [0.5, 0.6) is 0 Å². The first-order valence-corrected chi connectivity index (χ1v) is 9.89. The summed E-state index contributed by atoms with van der Waals surface area (Å²) in [7, 11) is 4.19. The van der Waals surface area contributed by atoms with Crippen LogP contribution < -0.4 is 9.80 Å². The average molecular weight is 373 g/mol. The fraction of sp³-hybridized carbons (Fsp3) is 0.292. The normalized spacial score (nSPS) is 14.2. The second kappa shape index (κ2) is 7.19. The van der Waals surface area contributed by atoms with Crippen molar-refractivity contribution in [2.45, 2.75) is 27.2 Å². The number of benzene rings is 1.